The zero-order chi connectivity index (χ0) is 18.9. The number of ketones is 1. The van der Waals surface area contributed by atoms with Crippen molar-refractivity contribution in [2.45, 2.75) is 13.5 Å². The molecule has 2 rings (SSSR count). The van der Waals surface area contributed by atoms with Gasteiger partial charge in [-0.05, 0) is 48.9 Å². The minimum absolute atomic E-state index is 0.0992. The van der Waals surface area contributed by atoms with Crippen LogP contribution in [0, 0.1) is 0 Å². The fourth-order valence-electron chi connectivity index (χ4n) is 2.53. The molecule has 0 saturated carbocycles. The van der Waals surface area contributed by atoms with E-state index in [1.165, 1.54) is 6.08 Å². The van der Waals surface area contributed by atoms with Crippen LogP contribution in [0.2, 0.25) is 0 Å². The van der Waals surface area contributed by atoms with Crippen LogP contribution in [0.3, 0.4) is 0 Å². The van der Waals surface area contributed by atoms with Crippen LogP contribution >= 0.6 is 0 Å². The smallest absolute Gasteiger partial charge is 0.185 e. The van der Waals surface area contributed by atoms with Gasteiger partial charge >= 0.3 is 0 Å². The molecule has 0 spiro atoms. The lowest BCUT2D eigenvalue weighted by Gasteiger charge is -2.10. The van der Waals surface area contributed by atoms with Crippen molar-refractivity contribution in [3.8, 4) is 17.2 Å². The maximum absolute atomic E-state index is 12.5. The van der Waals surface area contributed by atoms with Crippen molar-refractivity contribution < 1.29 is 23.7 Å². The first kappa shape index (κ1) is 19.5. The van der Waals surface area contributed by atoms with Crippen LogP contribution in [0.1, 0.15) is 28.4 Å². The Kier molecular flexibility index (Phi) is 7.24. The minimum Gasteiger partial charge on any atom is -0.496 e. The van der Waals surface area contributed by atoms with Crippen LogP contribution in [0.4, 0.5) is 0 Å². The summed E-state index contributed by atoms with van der Waals surface area (Å²) in [6, 6.07) is 10.8. The van der Waals surface area contributed by atoms with Crippen LogP contribution in [-0.4, -0.2) is 33.7 Å². The highest BCUT2D eigenvalue weighted by atomic mass is 16.5. The van der Waals surface area contributed by atoms with Crippen LogP contribution < -0.4 is 14.2 Å². The van der Waals surface area contributed by atoms with Gasteiger partial charge in [-0.25, -0.2) is 0 Å². The van der Waals surface area contributed by atoms with Crippen molar-refractivity contribution >= 4 is 11.9 Å². The highest BCUT2D eigenvalue weighted by Gasteiger charge is 2.09. The van der Waals surface area contributed by atoms with E-state index in [9.17, 15) is 4.79 Å². The molecule has 0 heterocycles. The zero-order valence-electron chi connectivity index (χ0n) is 15.6. The fraction of sp³-hybridized carbons (Fsp3) is 0.286. The quantitative estimate of drug-likeness (QED) is 0.499. The van der Waals surface area contributed by atoms with Crippen molar-refractivity contribution in [2.75, 3.05) is 27.9 Å². The summed E-state index contributed by atoms with van der Waals surface area (Å²) in [5.41, 5.74) is 2.26. The number of methoxy groups -OCH3 is 3. The third-order valence-electron chi connectivity index (χ3n) is 3.78. The normalized spacial score (nSPS) is 10.8. The van der Waals surface area contributed by atoms with Gasteiger partial charge in [0.15, 0.2) is 17.3 Å². The summed E-state index contributed by atoms with van der Waals surface area (Å²) in [4.78, 5) is 12.5. The lowest BCUT2D eigenvalue weighted by atomic mass is 10.1. The summed E-state index contributed by atoms with van der Waals surface area (Å²) < 4.78 is 21.3. The number of carbonyl (C=O) groups excluding carboxylic acids is 1. The Morgan fingerprint density at radius 2 is 1.69 bits per heavy atom. The molecule has 0 atom stereocenters. The Morgan fingerprint density at radius 3 is 2.35 bits per heavy atom. The minimum atomic E-state index is -0.0992. The highest BCUT2D eigenvalue weighted by molar-refractivity contribution is 6.07. The van der Waals surface area contributed by atoms with Gasteiger partial charge in [-0.2, -0.15) is 0 Å². The Morgan fingerprint density at radius 1 is 0.962 bits per heavy atom. The molecule has 2 aromatic rings. The SMILES string of the molecule is CCOc1ccc(/C=C/C(=O)c2ccc(OC)c(COC)c2)cc1OC. The Hall–Kier alpha value is -2.79. The lowest BCUT2D eigenvalue weighted by molar-refractivity contribution is 0.104. The number of rotatable bonds is 9. The maximum atomic E-state index is 12.5. The standard InChI is InChI=1S/C21H24O5/c1-5-26-20-10-7-15(12-21(20)25-4)6-9-18(22)16-8-11-19(24-3)17(13-16)14-23-2/h6-13H,5,14H2,1-4H3/b9-6+. The Labute approximate surface area is 154 Å². The topological polar surface area (TPSA) is 54.0 Å². The van der Waals surface area contributed by atoms with Crippen LogP contribution in [0.5, 0.6) is 17.2 Å². The number of ether oxygens (including phenoxy) is 4. The van der Waals surface area contributed by atoms with Gasteiger partial charge in [-0.3, -0.25) is 4.79 Å². The van der Waals surface area contributed by atoms with Crippen molar-refractivity contribution in [1.82, 2.24) is 0 Å². The van der Waals surface area contributed by atoms with E-state index in [0.717, 1.165) is 11.1 Å². The molecule has 2 aromatic carbocycles. The van der Waals surface area contributed by atoms with Gasteiger partial charge < -0.3 is 18.9 Å². The molecule has 0 bridgehead atoms. The van der Waals surface area contributed by atoms with E-state index in [4.69, 9.17) is 18.9 Å². The molecule has 0 aliphatic heterocycles. The number of carbonyl (C=O) groups is 1. The van der Waals surface area contributed by atoms with E-state index < -0.39 is 0 Å². The molecule has 0 radical (unpaired) electrons. The molecule has 0 fully saturated rings. The lowest BCUT2D eigenvalue weighted by Crippen LogP contribution is -2.00. The van der Waals surface area contributed by atoms with Gasteiger partial charge in [0.1, 0.15) is 5.75 Å². The molecule has 5 heteroatoms. The Bertz CT molecular complexity index is 780. The number of hydrogen-bond donors (Lipinski definition) is 0. The number of allylic oxidation sites excluding steroid dienone is 1. The molecular formula is C21H24O5. The van der Waals surface area contributed by atoms with E-state index in [1.54, 1.807) is 45.6 Å². The van der Waals surface area contributed by atoms with Crippen molar-refractivity contribution in [1.29, 1.82) is 0 Å². The second-order valence-electron chi connectivity index (χ2n) is 5.50. The molecule has 26 heavy (non-hydrogen) atoms. The average molecular weight is 356 g/mol. The molecule has 0 saturated heterocycles. The van der Waals surface area contributed by atoms with Crippen LogP contribution in [0.15, 0.2) is 42.5 Å². The summed E-state index contributed by atoms with van der Waals surface area (Å²) >= 11 is 0. The first-order valence-electron chi connectivity index (χ1n) is 8.32. The molecule has 0 aliphatic carbocycles. The van der Waals surface area contributed by atoms with Gasteiger partial charge in [0.25, 0.3) is 0 Å². The molecule has 0 aliphatic rings. The molecule has 0 unspecified atom stereocenters. The molecule has 5 nitrogen and oxygen atoms in total. The molecule has 0 N–H and O–H groups in total. The second-order valence-corrected chi connectivity index (χ2v) is 5.50. The highest BCUT2D eigenvalue weighted by Crippen LogP contribution is 2.28. The molecular weight excluding hydrogens is 332 g/mol. The van der Waals surface area contributed by atoms with Crippen LogP contribution in [0.25, 0.3) is 6.08 Å². The maximum Gasteiger partial charge on any atom is 0.185 e. The van der Waals surface area contributed by atoms with Crippen molar-refractivity contribution in [3.05, 3.63) is 59.2 Å². The van der Waals surface area contributed by atoms with Gasteiger partial charge in [-0.1, -0.05) is 12.1 Å². The molecule has 138 valence electrons. The van der Waals surface area contributed by atoms with E-state index in [2.05, 4.69) is 0 Å². The van der Waals surface area contributed by atoms with Crippen molar-refractivity contribution in [2.24, 2.45) is 0 Å². The monoisotopic (exact) mass is 356 g/mol. The van der Waals surface area contributed by atoms with E-state index in [0.29, 0.717) is 36.0 Å². The summed E-state index contributed by atoms with van der Waals surface area (Å²) in [6.07, 6.45) is 3.29. The van der Waals surface area contributed by atoms with E-state index >= 15 is 0 Å². The largest absolute Gasteiger partial charge is 0.496 e. The second kappa shape index (κ2) is 9.63. The first-order valence-corrected chi connectivity index (χ1v) is 8.32. The van der Waals surface area contributed by atoms with Crippen molar-refractivity contribution in [3.63, 3.8) is 0 Å². The summed E-state index contributed by atoms with van der Waals surface area (Å²) in [7, 11) is 4.79. The third kappa shape index (κ3) is 4.86. The van der Waals surface area contributed by atoms with Gasteiger partial charge in [0.05, 0.1) is 27.4 Å². The van der Waals surface area contributed by atoms with Crippen LogP contribution in [-0.2, 0) is 11.3 Å². The summed E-state index contributed by atoms with van der Waals surface area (Å²) in [5, 5.41) is 0. The summed E-state index contributed by atoms with van der Waals surface area (Å²) in [6.45, 7) is 2.86. The van der Waals surface area contributed by atoms with E-state index in [1.807, 2.05) is 25.1 Å². The zero-order valence-corrected chi connectivity index (χ0v) is 15.6. The predicted octanol–water partition coefficient (Wildman–Crippen LogP) is 4.15. The number of hydrogen-bond acceptors (Lipinski definition) is 5. The average Bonchev–Trinajstić information content (AvgIpc) is 2.67. The number of benzene rings is 2. The van der Waals surface area contributed by atoms with Gasteiger partial charge in [0, 0.05) is 18.2 Å². The Balaban J connectivity index is 2.20. The fourth-order valence-corrected chi connectivity index (χ4v) is 2.53. The van der Waals surface area contributed by atoms with Gasteiger partial charge in [0.2, 0.25) is 0 Å². The summed E-state index contributed by atoms with van der Waals surface area (Å²) in [5.74, 6) is 1.91. The third-order valence-corrected chi connectivity index (χ3v) is 3.78. The molecule has 0 amide bonds. The molecule has 0 aromatic heterocycles. The van der Waals surface area contributed by atoms with Gasteiger partial charge in [-0.15, -0.1) is 0 Å². The first-order chi connectivity index (χ1) is 12.6. The van der Waals surface area contributed by atoms with E-state index in [-0.39, 0.29) is 5.78 Å². The predicted molar refractivity (Wildman–Crippen MR) is 101 cm³/mol.